The number of halogens is 1. The van der Waals surface area contributed by atoms with Crippen LogP contribution in [0.3, 0.4) is 0 Å². The summed E-state index contributed by atoms with van der Waals surface area (Å²) in [7, 11) is -2.03. The van der Waals surface area contributed by atoms with E-state index in [0.29, 0.717) is 25.4 Å². The highest BCUT2D eigenvalue weighted by Crippen LogP contribution is 2.29. The predicted octanol–water partition coefficient (Wildman–Crippen LogP) is 4.95. The Bertz CT molecular complexity index is 1530. The Kier molecular flexibility index (Phi) is 12.5. The summed E-state index contributed by atoms with van der Waals surface area (Å²) in [5.74, 6) is -0.738. The SMILES string of the molecule is C[C@@H]1CN([C@@H](C)CO)C(=O)c2cc(NS(=O)(=O)c3ccc(F)cc3)ccc2O[C@@H](C)CCCCO[C@H]1CN(C)Cc1ccncc1. The van der Waals surface area contributed by atoms with Gasteiger partial charge in [-0.15, -0.1) is 0 Å². The van der Waals surface area contributed by atoms with Gasteiger partial charge in [0.2, 0.25) is 0 Å². The third-order valence-corrected chi connectivity index (χ3v) is 9.52. The smallest absolute Gasteiger partial charge is 0.261 e. The van der Waals surface area contributed by atoms with E-state index in [2.05, 4.69) is 14.6 Å². The molecule has 0 radical (unpaired) electrons. The van der Waals surface area contributed by atoms with Crippen molar-refractivity contribution in [3.8, 4) is 5.75 Å². The molecule has 3 aromatic rings. The van der Waals surface area contributed by atoms with Gasteiger partial charge >= 0.3 is 0 Å². The summed E-state index contributed by atoms with van der Waals surface area (Å²) in [4.78, 5) is 22.1. The molecule has 4 rings (SSSR count). The number of anilines is 1. The zero-order valence-corrected chi connectivity index (χ0v) is 27.7. The van der Waals surface area contributed by atoms with E-state index in [-0.39, 0.29) is 47.4 Å². The summed E-state index contributed by atoms with van der Waals surface area (Å²) in [5, 5.41) is 10.2. The number of pyridine rings is 1. The van der Waals surface area contributed by atoms with E-state index in [1.807, 2.05) is 33.0 Å². The number of carbonyl (C=O) groups is 1. The number of nitrogens with zero attached hydrogens (tertiary/aromatic N) is 3. The number of sulfonamides is 1. The number of likely N-dealkylation sites (N-methyl/N-ethyl adjacent to an activating group) is 1. The summed E-state index contributed by atoms with van der Waals surface area (Å²) in [6.07, 6.45) is 5.56. The molecule has 0 spiro atoms. The third kappa shape index (κ3) is 9.71. The summed E-state index contributed by atoms with van der Waals surface area (Å²) < 4.78 is 54.8. The van der Waals surface area contributed by atoms with Crippen molar-refractivity contribution in [3.05, 3.63) is 83.9 Å². The fourth-order valence-electron chi connectivity index (χ4n) is 5.45. The molecular formula is C34H45FN4O6S. The largest absolute Gasteiger partial charge is 0.490 e. The number of carbonyl (C=O) groups excluding carboxylic acids is 1. The number of fused-ring (bicyclic) bond motifs is 1. The highest BCUT2D eigenvalue weighted by molar-refractivity contribution is 7.92. The van der Waals surface area contributed by atoms with Crippen molar-refractivity contribution in [2.24, 2.45) is 5.92 Å². The van der Waals surface area contributed by atoms with Crippen molar-refractivity contribution >= 4 is 21.6 Å². The van der Waals surface area contributed by atoms with Crippen LogP contribution >= 0.6 is 0 Å². The van der Waals surface area contributed by atoms with Gasteiger partial charge < -0.3 is 19.5 Å². The monoisotopic (exact) mass is 656 g/mol. The molecule has 0 unspecified atom stereocenters. The van der Waals surface area contributed by atoms with E-state index in [1.165, 1.54) is 24.3 Å². The zero-order valence-electron chi connectivity index (χ0n) is 26.9. The van der Waals surface area contributed by atoms with Gasteiger partial charge in [-0.25, -0.2) is 12.8 Å². The molecule has 1 aromatic heterocycles. The van der Waals surface area contributed by atoms with E-state index >= 15 is 0 Å². The first-order chi connectivity index (χ1) is 22.0. The van der Waals surface area contributed by atoms with Crippen molar-refractivity contribution in [3.63, 3.8) is 0 Å². The minimum atomic E-state index is -4.07. The summed E-state index contributed by atoms with van der Waals surface area (Å²) >= 11 is 0. The maximum Gasteiger partial charge on any atom is 0.261 e. The molecule has 10 nitrogen and oxygen atoms in total. The average Bonchev–Trinajstić information content (AvgIpc) is 3.03. The van der Waals surface area contributed by atoms with Gasteiger partial charge in [0.05, 0.1) is 35.3 Å². The molecule has 0 fully saturated rings. The van der Waals surface area contributed by atoms with Gasteiger partial charge in [-0.1, -0.05) is 6.92 Å². The van der Waals surface area contributed by atoms with Gasteiger partial charge in [-0.05, 0) is 100 Å². The van der Waals surface area contributed by atoms with Crippen molar-refractivity contribution < 1.29 is 32.2 Å². The minimum absolute atomic E-state index is 0.107. The lowest BCUT2D eigenvalue weighted by molar-refractivity contribution is -0.0177. The molecule has 4 atom stereocenters. The molecule has 0 saturated heterocycles. The van der Waals surface area contributed by atoms with Crippen LogP contribution in [0, 0.1) is 11.7 Å². The van der Waals surface area contributed by atoms with Crippen molar-refractivity contribution in [2.75, 3.05) is 38.1 Å². The maximum absolute atomic E-state index is 14.3. The second-order valence-corrected chi connectivity index (χ2v) is 13.8. The lowest BCUT2D eigenvalue weighted by Gasteiger charge is -2.36. The minimum Gasteiger partial charge on any atom is -0.490 e. The van der Waals surface area contributed by atoms with Crippen LogP contribution < -0.4 is 9.46 Å². The predicted molar refractivity (Wildman–Crippen MR) is 175 cm³/mol. The Morgan fingerprint density at radius 1 is 1.11 bits per heavy atom. The van der Waals surface area contributed by atoms with Crippen LogP contribution in [0.15, 0.2) is 71.9 Å². The molecule has 0 saturated carbocycles. The van der Waals surface area contributed by atoms with Gasteiger partial charge in [-0.2, -0.15) is 0 Å². The van der Waals surface area contributed by atoms with Crippen LogP contribution in [-0.2, 0) is 21.3 Å². The summed E-state index contributed by atoms with van der Waals surface area (Å²) in [5.41, 5.74) is 1.45. The molecule has 250 valence electrons. The number of aromatic nitrogens is 1. The van der Waals surface area contributed by atoms with Gasteiger partial charge in [0, 0.05) is 50.2 Å². The number of rotatable bonds is 9. The van der Waals surface area contributed by atoms with E-state index < -0.39 is 27.8 Å². The van der Waals surface area contributed by atoms with Gasteiger partial charge in [0.25, 0.3) is 15.9 Å². The Labute approximate surface area is 271 Å². The molecule has 2 heterocycles. The van der Waals surface area contributed by atoms with Crippen molar-refractivity contribution in [2.45, 2.75) is 69.7 Å². The van der Waals surface area contributed by atoms with Crippen LogP contribution in [0.25, 0.3) is 0 Å². The molecule has 12 heteroatoms. The first-order valence-electron chi connectivity index (χ1n) is 15.7. The number of hydrogen-bond acceptors (Lipinski definition) is 8. The Morgan fingerprint density at radius 3 is 2.52 bits per heavy atom. The molecule has 46 heavy (non-hydrogen) atoms. The number of nitrogens with one attached hydrogen (secondary N) is 1. The van der Waals surface area contributed by atoms with Crippen LogP contribution in [0.4, 0.5) is 10.1 Å². The Morgan fingerprint density at radius 2 is 1.83 bits per heavy atom. The highest BCUT2D eigenvalue weighted by atomic mass is 32.2. The molecule has 0 bridgehead atoms. The van der Waals surface area contributed by atoms with Crippen LogP contribution in [0.5, 0.6) is 5.75 Å². The lowest BCUT2D eigenvalue weighted by Crippen LogP contribution is -2.47. The molecule has 0 aliphatic carbocycles. The lowest BCUT2D eigenvalue weighted by atomic mass is 10.0. The number of hydrogen-bond donors (Lipinski definition) is 2. The Hall–Kier alpha value is -3.58. The topological polar surface area (TPSA) is 121 Å². The number of benzene rings is 2. The normalized spacial score (nSPS) is 20.8. The van der Waals surface area contributed by atoms with Crippen molar-refractivity contribution in [1.82, 2.24) is 14.8 Å². The number of ether oxygens (including phenoxy) is 2. The Balaban J connectivity index is 1.64. The molecule has 1 amide bonds. The number of aliphatic hydroxyl groups excluding tert-OH is 1. The number of amides is 1. The quantitative estimate of drug-likeness (QED) is 0.332. The first-order valence-corrected chi connectivity index (χ1v) is 17.1. The second-order valence-electron chi connectivity index (χ2n) is 12.1. The van der Waals surface area contributed by atoms with Crippen molar-refractivity contribution in [1.29, 1.82) is 0 Å². The first kappa shape index (κ1) is 35.3. The zero-order chi connectivity index (χ0) is 33.3. The fraction of sp³-hybridized carbons (Fsp3) is 0.471. The van der Waals surface area contributed by atoms with E-state index in [4.69, 9.17) is 9.47 Å². The molecule has 1 aliphatic rings. The standard InChI is InChI=1S/C34H45FN4O6S/c1-24-20-39(25(2)23-40)34(41)31-19-29(37-46(42,43)30-11-8-28(35)9-12-30)10-13-32(31)45-26(3)7-5-6-18-44-33(24)22-38(4)21-27-14-16-36-17-15-27/h8-17,19,24-26,33,37,40H,5-7,18,20-23H2,1-4H3/t24-,25+,26+,33+/m1/s1. The average molecular weight is 657 g/mol. The van der Waals surface area contributed by atoms with E-state index in [0.717, 1.165) is 37.0 Å². The maximum atomic E-state index is 14.3. The van der Waals surface area contributed by atoms with Crippen LogP contribution in [0.1, 0.15) is 56.0 Å². The second kappa shape index (κ2) is 16.3. The summed E-state index contributed by atoms with van der Waals surface area (Å²) in [6, 6.07) is 12.5. The third-order valence-electron chi connectivity index (χ3n) is 8.12. The van der Waals surface area contributed by atoms with Crippen LogP contribution in [0.2, 0.25) is 0 Å². The summed E-state index contributed by atoms with van der Waals surface area (Å²) in [6.45, 7) is 7.66. The van der Waals surface area contributed by atoms with Crippen LogP contribution in [-0.4, -0.2) is 85.8 Å². The fourth-order valence-corrected chi connectivity index (χ4v) is 6.50. The molecule has 2 N–H and O–H groups in total. The highest BCUT2D eigenvalue weighted by Gasteiger charge is 2.30. The van der Waals surface area contributed by atoms with E-state index in [9.17, 15) is 22.7 Å². The van der Waals surface area contributed by atoms with Gasteiger partial charge in [-0.3, -0.25) is 19.4 Å². The van der Waals surface area contributed by atoms with Gasteiger partial charge in [0.1, 0.15) is 11.6 Å². The molecule has 2 aromatic carbocycles. The molecular weight excluding hydrogens is 611 g/mol. The van der Waals surface area contributed by atoms with E-state index in [1.54, 1.807) is 30.3 Å². The number of aliphatic hydroxyl groups is 1. The molecule has 1 aliphatic heterocycles. The van der Waals surface area contributed by atoms with Gasteiger partial charge in [0.15, 0.2) is 0 Å².